The Bertz CT molecular complexity index is 458. The molecule has 3 atom stereocenters. The normalized spacial score (nSPS) is 15.3. The number of carboxylic acid groups (broad SMARTS) is 1. The van der Waals surface area contributed by atoms with Crippen LogP contribution in [-0.2, 0) is 9.59 Å². The Labute approximate surface area is 111 Å². The fourth-order valence-corrected chi connectivity index (χ4v) is 2.07. The molecule has 0 radical (unpaired) electrons. The number of nitroso groups, excluding NO2 is 1. The summed E-state index contributed by atoms with van der Waals surface area (Å²) in [5.41, 5.74) is 1.01. The van der Waals surface area contributed by atoms with Crippen molar-refractivity contribution < 1.29 is 14.7 Å². The zero-order valence-electron chi connectivity index (χ0n) is 10.9. The van der Waals surface area contributed by atoms with E-state index in [2.05, 4.69) is 5.18 Å². The molecular weight excluding hydrogens is 246 g/mol. The van der Waals surface area contributed by atoms with Gasteiger partial charge in [0.1, 0.15) is 0 Å². The van der Waals surface area contributed by atoms with Gasteiger partial charge in [0, 0.05) is 5.18 Å². The predicted molar refractivity (Wildman–Crippen MR) is 70.6 cm³/mol. The van der Waals surface area contributed by atoms with Crippen molar-refractivity contribution in [2.75, 3.05) is 0 Å². The fraction of sp³-hybridized carbons (Fsp3) is 0.429. The molecule has 0 aliphatic rings. The lowest BCUT2D eigenvalue weighted by Gasteiger charge is -2.20. The summed E-state index contributed by atoms with van der Waals surface area (Å²) in [6.07, 6.45) is 0.293. The smallest absolute Gasteiger partial charge is 0.307 e. The van der Waals surface area contributed by atoms with Crippen molar-refractivity contribution in [1.82, 2.24) is 0 Å². The van der Waals surface area contributed by atoms with Crippen LogP contribution in [0, 0.1) is 16.7 Å². The molecule has 5 heteroatoms. The molecule has 0 aliphatic heterocycles. The van der Waals surface area contributed by atoms with Crippen LogP contribution in [0.3, 0.4) is 0 Å². The van der Waals surface area contributed by atoms with E-state index in [1.54, 1.807) is 0 Å². The molecule has 0 bridgehead atoms. The summed E-state index contributed by atoms with van der Waals surface area (Å²) in [5, 5.41) is 11.5. The fourth-order valence-electron chi connectivity index (χ4n) is 2.07. The Balaban J connectivity index is 2.82. The van der Waals surface area contributed by atoms with E-state index in [9.17, 15) is 19.6 Å². The van der Waals surface area contributed by atoms with Crippen LogP contribution in [0.25, 0.3) is 0 Å². The van der Waals surface area contributed by atoms with Gasteiger partial charge in [0.2, 0.25) is 0 Å². The highest BCUT2D eigenvalue weighted by molar-refractivity contribution is 5.84. The number of aliphatic carboxylic acids is 1. The van der Waals surface area contributed by atoms with Crippen LogP contribution in [0.5, 0.6) is 0 Å². The predicted octanol–water partition coefficient (Wildman–Crippen LogP) is 2.81. The van der Waals surface area contributed by atoms with Gasteiger partial charge in [0.25, 0.3) is 5.91 Å². The number of amides is 1. The monoisotopic (exact) mass is 263 g/mol. The highest BCUT2D eigenvalue weighted by Crippen LogP contribution is 2.28. The Morgan fingerprint density at radius 3 is 2.26 bits per heavy atom. The molecule has 0 heterocycles. The van der Waals surface area contributed by atoms with Crippen LogP contribution >= 0.6 is 0 Å². The summed E-state index contributed by atoms with van der Waals surface area (Å²) in [6, 6.07) is 9.46. The molecule has 0 saturated carbocycles. The number of rotatable bonds is 6. The highest BCUT2D eigenvalue weighted by Gasteiger charge is 2.32. The second-order valence-corrected chi connectivity index (χ2v) is 4.71. The maximum atomic E-state index is 11.2. The van der Waals surface area contributed by atoms with Crippen LogP contribution in [0.2, 0.25) is 0 Å². The van der Waals surface area contributed by atoms with Crippen LogP contribution < -0.4 is 0 Å². The van der Waals surface area contributed by atoms with E-state index in [0.29, 0.717) is 6.42 Å². The van der Waals surface area contributed by atoms with Gasteiger partial charge in [-0.2, -0.15) is 0 Å². The lowest BCUT2D eigenvalue weighted by molar-refractivity contribution is -0.146. The number of benzene rings is 1. The van der Waals surface area contributed by atoms with Crippen molar-refractivity contribution >= 4 is 11.9 Å². The highest BCUT2D eigenvalue weighted by atomic mass is 16.4. The molecular formula is C14H17NO4. The second-order valence-electron chi connectivity index (χ2n) is 4.71. The van der Waals surface area contributed by atoms with Gasteiger partial charge in [-0.3, -0.25) is 9.59 Å². The quantitative estimate of drug-likeness (QED) is 0.800. The minimum absolute atomic E-state index is 0.01000. The second kappa shape index (κ2) is 6.78. The third-order valence-corrected chi connectivity index (χ3v) is 3.38. The lowest BCUT2D eigenvalue weighted by Crippen LogP contribution is -2.28. The van der Waals surface area contributed by atoms with E-state index in [4.69, 9.17) is 0 Å². The van der Waals surface area contributed by atoms with Gasteiger partial charge in [-0.05, 0) is 17.9 Å². The van der Waals surface area contributed by atoms with Crippen molar-refractivity contribution in [3.63, 3.8) is 0 Å². The molecule has 1 N–H and O–H groups in total. The summed E-state index contributed by atoms with van der Waals surface area (Å²) >= 11 is 0. The third-order valence-electron chi connectivity index (χ3n) is 3.38. The molecule has 5 nitrogen and oxygen atoms in total. The Kier molecular flexibility index (Phi) is 5.36. The number of carbonyl (C=O) groups is 2. The number of carbonyl (C=O) groups excluding carboxylic acids is 1. The number of hydrogen-bond donors (Lipinski definition) is 1. The standard InChI is InChI=1S/C14H17NO4/c1-9(11-6-4-3-5-7-11)8-12(14(17)18)10(2)13(16)15-19/h3-7,9-10,12H,8H2,1-2H3,(H,17,18)/t9-,10+,12?/m1/s1. The molecule has 19 heavy (non-hydrogen) atoms. The molecule has 1 rings (SSSR count). The van der Waals surface area contributed by atoms with Crippen molar-refractivity contribution in [2.24, 2.45) is 17.0 Å². The maximum Gasteiger partial charge on any atom is 0.307 e. The van der Waals surface area contributed by atoms with E-state index in [0.717, 1.165) is 5.56 Å². The molecule has 0 aromatic heterocycles. The summed E-state index contributed by atoms with van der Waals surface area (Å²) in [5.74, 6) is -3.80. The van der Waals surface area contributed by atoms with Crippen LogP contribution in [0.15, 0.2) is 35.5 Å². The summed E-state index contributed by atoms with van der Waals surface area (Å²) in [6.45, 7) is 3.33. The molecule has 102 valence electrons. The minimum atomic E-state index is -1.08. The van der Waals surface area contributed by atoms with Gasteiger partial charge in [0.05, 0.1) is 11.8 Å². The van der Waals surface area contributed by atoms with Crippen molar-refractivity contribution in [3.05, 3.63) is 40.8 Å². The molecule has 0 saturated heterocycles. The molecule has 1 aromatic rings. The minimum Gasteiger partial charge on any atom is -0.481 e. The first-order valence-electron chi connectivity index (χ1n) is 6.12. The summed E-state index contributed by atoms with van der Waals surface area (Å²) in [4.78, 5) is 32.7. The van der Waals surface area contributed by atoms with E-state index in [1.165, 1.54) is 6.92 Å². The number of nitrogens with zero attached hydrogens (tertiary/aromatic N) is 1. The third kappa shape index (κ3) is 3.98. The van der Waals surface area contributed by atoms with Gasteiger partial charge in [-0.1, -0.05) is 44.2 Å². The zero-order valence-corrected chi connectivity index (χ0v) is 10.9. The largest absolute Gasteiger partial charge is 0.481 e. The molecule has 1 unspecified atom stereocenters. The first kappa shape index (κ1) is 15.0. The van der Waals surface area contributed by atoms with Crippen LogP contribution in [0.1, 0.15) is 31.7 Å². The van der Waals surface area contributed by atoms with E-state index in [1.807, 2.05) is 37.3 Å². The molecule has 1 amide bonds. The molecule has 0 spiro atoms. The molecule has 0 fully saturated rings. The summed E-state index contributed by atoms with van der Waals surface area (Å²) in [7, 11) is 0. The van der Waals surface area contributed by atoms with Gasteiger partial charge in [0.15, 0.2) is 0 Å². The van der Waals surface area contributed by atoms with Gasteiger partial charge < -0.3 is 5.11 Å². The average Bonchev–Trinajstić information content (AvgIpc) is 2.43. The van der Waals surface area contributed by atoms with Gasteiger partial charge >= 0.3 is 5.97 Å². The topological polar surface area (TPSA) is 83.8 Å². The number of hydrogen-bond acceptors (Lipinski definition) is 3. The van der Waals surface area contributed by atoms with E-state index < -0.39 is 23.7 Å². The average molecular weight is 263 g/mol. The maximum absolute atomic E-state index is 11.2. The lowest BCUT2D eigenvalue weighted by atomic mass is 9.83. The summed E-state index contributed by atoms with van der Waals surface area (Å²) < 4.78 is 0. The first-order chi connectivity index (χ1) is 8.97. The first-order valence-corrected chi connectivity index (χ1v) is 6.12. The van der Waals surface area contributed by atoms with E-state index in [-0.39, 0.29) is 5.92 Å². The molecule has 1 aromatic carbocycles. The van der Waals surface area contributed by atoms with Crippen molar-refractivity contribution in [3.8, 4) is 0 Å². The van der Waals surface area contributed by atoms with Crippen LogP contribution in [0.4, 0.5) is 0 Å². The number of carboxylic acids is 1. The molecule has 0 aliphatic carbocycles. The van der Waals surface area contributed by atoms with Gasteiger partial charge in [-0.25, -0.2) is 0 Å². The van der Waals surface area contributed by atoms with Crippen molar-refractivity contribution in [1.29, 1.82) is 0 Å². The van der Waals surface area contributed by atoms with Crippen molar-refractivity contribution in [2.45, 2.75) is 26.2 Å². The van der Waals surface area contributed by atoms with Gasteiger partial charge in [-0.15, -0.1) is 4.91 Å². The van der Waals surface area contributed by atoms with Crippen LogP contribution in [-0.4, -0.2) is 17.0 Å². The Morgan fingerprint density at radius 1 is 1.21 bits per heavy atom. The Hall–Kier alpha value is -2.04. The zero-order chi connectivity index (χ0) is 14.4. The SMILES string of the molecule is C[C@H](CC(C(=O)O)[C@H](C)C(=O)N=O)c1ccccc1. The Morgan fingerprint density at radius 2 is 1.79 bits per heavy atom. The van der Waals surface area contributed by atoms with E-state index >= 15 is 0 Å².